The van der Waals surface area contributed by atoms with Gasteiger partial charge in [-0.3, -0.25) is 9.78 Å². The van der Waals surface area contributed by atoms with Crippen LogP contribution in [0.1, 0.15) is 24.1 Å². The number of carbonyl (C=O) groups is 2. The van der Waals surface area contributed by atoms with E-state index in [1.165, 1.54) is 0 Å². The number of benzene rings is 1. The number of carbonyl (C=O) groups excluding carboxylic acids is 2. The summed E-state index contributed by atoms with van der Waals surface area (Å²) in [5, 5.41) is 5.50. The van der Waals surface area contributed by atoms with Gasteiger partial charge in [-0.05, 0) is 36.2 Å². The van der Waals surface area contributed by atoms with E-state index in [9.17, 15) is 9.59 Å². The molecule has 28 heavy (non-hydrogen) atoms. The molecule has 0 bridgehead atoms. The number of rotatable bonds is 4. The molecule has 8 heteroatoms. The topological polar surface area (TPSA) is 92.8 Å². The highest BCUT2D eigenvalue weighted by Crippen LogP contribution is 2.33. The van der Waals surface area contributed by atoms with E-state index in [2.05, 4.69) is 15.6 Å². The van der Waals surface area contributed by atoms with E-state index in [1.54, 1.807) is 37.3 Å². The fourth-order valence-corrected chi connectivity index (χ4v) is 3.36. The van der Waals surface area contributed by atoms with Crippen molar-refractivity contribution in [2.75, 3.05) is 13.8 Å². The molecule has 1 atom stereocenters. The molecule has 0 radical (unpaired) electrons. The largest absolute Gasteiger partial charge is 0.454 e. The third kappa shape index (κ3) is 3.36. The Labute approximate surface area is 162 Å². The Morgan fingerprint density at radius 2 is 2.11 bits per heavy atom. The summed E-state index contributed by atoms with van der Waals surface area (Å²) >= 11 is 0. The molecule has 2 aromatic rings. The SMILES string of the molecule is CC1=C(C(=O)N(C)Cc2ccc3c(c2)OCO3)C(c2cccnc2)NC(=O)N1. The van der Waals surface area contributed by atoms with Crippen molar-refractivity contribution < 1.29 is 19.1 Å². The maximum Gasteiger partial charge on any atom is 0.319 e. The molecule has 144 valence electrons. The van der Waals surface area contributed by atoms with Gasteiger partial charge in [-0.1, -0.05) is 12.1 Å². The van der Waals surface area contributed by atoms with Crippen molar-refractivity contribution in [2.24, 2.45) is 0 Å². The Balaban J connectivity index is 1.59. The monoisotopic (exact) mass is 380 g/mol. The van der Waals surface area contributed by atoms with E-state index in [1.807, 2.05) is 24.3 Å². The van der Waals surface area contributed by atoms with Crippen LogP contribution in [0.15, 0.2) is 54.0 Å². The minimum atomic E-state index is -0.561. The highest BCUT2D eigenvalue weighted by Gasteiger charge is 2.32. The van der Waals surface area contributed by atoms with Crippen molar-refractivity contribution in [3.05, 3.63) is 65.1 Å². The van der Waals surface area contributed by atoms with Crippen LogP contribution in [0.5, 0.6) is 11.5 Å². The molecule has 0 spiro atoms. The van der Waals surface area contributed by atoms with Crippen LogP contribution in [0, 0.1) is 0 Å². The summed E-state index contributed by atoms with van der Waals surface area (Å²) in [6.45, 7) is 2.32. The second-order valence-corrected chi connectivity index (χ2v) is 6.71. The summed E-state index contributed by atoms with van der Waals surface area (Å²) < 4.78 is 10.7. The Morgan fingerprint density at radius 3 is 2.89 bits per heavy atom. The van der Waals surface area contributed by atoms with Crippen molar-refractivity contribution in [3.63, 3.8) is 0 Å². The normalized spacial score (nSPS) is 17.8. The number of nitrogens with one attached hydrogen (secondary N) is 2. The summed E-state index contributed by atoms with van der Waals surface area (Å²) in [5.74, 6) is 1.19. The molecule has 2 aliphatic rings. The van der Waals surface area contributed by atoms with Gasteiger partial charge in [0, 0.05) is 31.7 Å². The zero-order valence-electron chi connectivity index (χ0n) is 15.6. The smallest absolute Gasteiger partial charge is 0.319 e. The van der Waals surface area contributed by atoms with E-state index in [-0.39, 0.29) is 18.7 Å². The van der Waals surface area contributed by atoms with E-state index in [0.29, 0.717) is 29.3 Å². The molecule has 1 aromatic heterocycles. The molecule has 3 amide bonds. The third-order valence-electron chi connectivity index (χ3n) is 4.72. The number of likely N-dealkylation sites (N-methyl/N-ethyl adjacent to an activating group) is 1. The number of amides is 3. The van der Waals surface area contributed by atoms with Crippen molar-refractivity contribution >= 4 is 11.9 Å². The number of ether oxygens (including phenoxy) is 2. The van der Waals surface area contributed by atoms with Gasteiger partial charge < -0.3 is 25.0 Å². The minimum Gasteiger partial charge on any atom is -0.454 e. The Kier molecular flexibility index (Phi) is 4.60. The van der Waals surface area contributed by atoms with Gasteiger partial charge in [0.05, 0.1) is 11.6 Å². The second-order valence-electron chi connectivity index (χ2n) is 6.71. The molecule has 8 nitrogen and oxygen atoms in total. The van der Waals surface area contributed by atoms with Crippen molar-refractivity contribution in [2.45, 2.75) is 19.5 Å². The Hall–Kier alpha value is -3.55. The summed E-state index contributed by atoms with van der Waals surface area (Å²) in [6, 6.07) is 8.31. The third-order valence-corrected chi connectivity index (χ3v) is 4.72. The quantitative estimate of drug-likeness (QED) is 0.847. The first-order chi connectivity index (χ1) is 13.5. The van der Waals surface area contributed by atoms with Gasteiger partial charge in [-0.15, -0.1) is 0 Å². The average Bonchev–Trinajstić information content (AvgIpc) is 3.15. The lowest BCUT2D eigenvalue weighted by Crippen LogP contribution is -2.47. The summed E-state index contributed by atoms with van der Waals surface area (Å²) in [6.07, 6.45) is 3.30. The molecule has 1 aromatic carbocycles. The molecule has 1 unspecified atom stereocenters. The van der Waals surface area contributed by atoms with Gasteiger partial charge in [0.15, 0.2) is 11.5 Å². The van der Waals surface area contributed by atoms with Gasteiger partial charge in [0.25, 0.3) is 5.91 Å². The van der Waals surface area contributed by atoms with Crippen molar-refractivity contribution in [1.29, 1.82) is 0 Å². The fourth-order valence-electron chi connectivity index (χ4n) is 3.36. The van der Waals surface area contributed by atoms with Gasteiger partial charge in [-0.2, -0.15) is 0 Å². The Bertz CT molecular complexity index is 958. The first-order valence-electron chi connectivity index (χ1n) is 8.85. The number of hydrogen-bond donors (Lipinski definition) is 2. The van der Waals surface area contributed by atoms with Crippen LogP contribution in [-0.4, -0.2) is 35.7 Å². The second kappa shape index (κ2) is 7.22. The van der Waals surface area contributed by atoms with Crippen LogP contribution in [0.25, 0.3) is 0 Å². The first-order valence-corrected chi connectivity index (χ1v) is 8.85. The molecule has 3 heterocycles. The van der Waals surface area contributed by atoms with E-state index in [4.69, 9.17) is 9.47 Å². The predicted molar refractivity (Wildman–Crippen MR) is 100 cm³/mol. The maximum atomic E-state index is 13.2. The van der Waals surface area contributed by atoms with E-state index < -0.39 is 6.04 Å². The highest BCUT2D eigenvalue weighted by atomic mass is 16.7. The van der Waals surface area contributed by atoms with Gasteiger partial charge in [-0.25, -0.2) is 4.79 Å². The van der Waals surface area contributed by atoms with Gasteiger partial charge >= 0.3 is 6.03 Å². The van der Waals surface area contributed by atoms with Crippen LogP contribution in [0.3, 0.4) is 0 Å². The number of pyridine rings is 1. The molecular formula is C20H20N4O4. The zero-order valence-corrected chi connectivity index (χ0v) is 15.6. The fraction of sp³-hybridized carbons (Fsp3) is 0.250. The molecule has 0 saturated carbocycles. The molecule has 2 N–H and O–H groups in total. The number of allylic oxidation sites excluding steroid dienone is 1. The standard InChI is InChI=1S/C20H20N4O4/c1-12-17(18(23-20(26)22-12)14-4-3-7-21-9-14)19(25)24(2)10-13-5-6-15-16(8-13)28-11-27-15/h3-9,18H,10-11H2,1-2H3,(H2,22,23,26). The van der Waals surface area contributed by atoms with Crippen LogP contribution < -0.4 is 20.1 Å². The lowest BCUT2D eigenvalue weighted by molar-refractivity contribution is -0.126. The summed E-state index contributed by atoms with van der Waals surface area (Å²) in [7, 11) is 1.73. The number of urea groups is 1. The molecular weight excluding hydrogens is 360 g/mol. The number of fused-ring (bicyclic) bond motifs is 1. The van der Waals surface area contributed by atoms with Crippen LogP contribution in [0.2, 0.25) is 0 Å². The number of nitrogens with zero attached hydrogens (tertiary/aromatic N) is 2. The lowest BCUT2D eigenvalue weighted by Gasteiger charge is -2.31. The first kappa shape index (κ1) is 17.8. The molecule has 2 aliphatic heterocycles. The molecule has 0 saturated heterocycles. The summed E-state index contributed by atoms with van der Waals surface area (Å²) in [4.78, 5) is 30.9. The zero-order chi connectivity index (χ0) is 19.7. The molecule has 0 aliphatic carbocycles. The van der Waals surface area contributed by atoms with Crippen LogP contribution >= 0.6 is 0 Å². The van der Waals surface area contributed by atoms with Crippen molar-refractivity contribution in [3.8, 4) is 11.5 Å². The van der Waals surface area contributed by atoms with Crippen molar-refractivity contribution in [1.82, 2.24) is 20.5 Å². The lowest BCUT2D eigenvalue weighted by atomic mass is 9.95. The number of aromatic nitrogens is 1. The molecule has 4 rings (SSSR count). The van der Waals surface area contributed by atoms with Gasteiger partial charge in [0.1, 0.15) is 0 Å². The van der Waals surface area contributed by atoms with Crippen LogP contribution in [-0.2, 0) is 11.3 Å². The van der Waals surface area contributed by atoms with E-state index in [0.717, 1.165) is 11.1 Å². The molecule has 0 fully saturated rings. The maximum absolute atomic E-state index is 13.2. The highest BCUT2D eigenvalue weighted by molar-refractivity contribution is 5.98. The van der Waals surface area contributed by atoms with Gasteiger partial charge in [0.2, 0.25) is 6.79 Å². The van der Waals surface area contributed by atoms with Crippen LogP contribution in [0.4, 0.5) is 4.79 Å². The average molecular weight is 380 g/mol. The number of hydrogen-bond acceptors (Lipinski definition) is 5. The Morgan fingerprint density at radius 1 is 1.29 bits per heavy atom. The van der Waals surface area contributed by atoms with E-state index >= 15 is 0 Å². The summed E-state index contributed by atoms with van der Waals surface area (Å²) in [5.41, 5.74) is 2.68. The minimum absolute atomic E-state index is 0.184. The predicted octanol–water partition coefficient (Wildman–Crippen LogP) is 2.10.